The minimum absolute atomic E-state index is 0.101. The molecule has 1 heterocycles. The molecule has 3 aromatic rings. The molecule has 0 fully saturated rings. The highest BCUT2D eigenvalue weighted by atomic mass is 79.9. The van der Waals surface area contributed by atoms with E-state index < -0.39 is 0 Å². The Morgan fingerprint density at radius 3 is 2.82 bits per heavy atom. The number of nitrogens with one attached hydrogen (secondary N) is 1. The zero-order valence-corrected chi connectivity index (χ0v) is 13.8. The van der Waals surface area contributed by atoms with E-state index in [0.717, 1.165) is 27.9 Å². The minimum Gasteiger partial charge on any atom is -0.345 e. The molecule has 2 aromatic carbocycles. The van der Waals surface area contributed by atoms with Gasteiger partial charge >= 0.3 is 0 Å². The number of amides is 1. The first-order chi connectivity index (χ1) is 10.7. The monoisotopic (exact) mass is 357 g/mol. The van der Waals surface area contributed by atoms with Crippen LogP contribution in [0.1, 0.15) is 23.1 Å². The van der Waals surface area contributed by atoms with E-state index in [1.807, 2.05) is 36.4 Å². The molecule has 0 unspecified atom stereocenters. The molecular formula is C17H16BrN3O. The number of para-hydroxylation sites is 2. The van der Waals surface area contributed by atoms with E-state index in [4.69, 9.17) is 0 Å². The lowest BCUT2D eigenvalue weighted by Gasteiger charge is -2.08. The van der Waals surface area contributed by atoms with Gasteiger partial charge in [0.05, 0.1) is 17.6 Å². The Morgan fingerprint density at radius 2 is 2.05 bits per heavy atom. The van der Waals surface area contributed by atoms with Crippen molar-refractivity contribution in [2.24, 2.45) is 0 Å². The number of benzene rings is 2. The maximum absolute atomic E-state index is 12.2. The molecule has 1 N–H and O–H groups in total. The summed E-state index contributed by atoms with van der Waals surface area (Å²) in [6.45, 7) is 3.31. The Labute approximate surface area is 137 Å². The normalized spacial score (nSPS) is 10.8. The van der Waals surface area contributed by atoms with Gasteiger partial charge in [-0.25, -0.2) is 4.98 Å². The average Bonchev–Trinajstić information content (AvgIpc) is 2.90. The van der Waals surface area contributed by atoms with Crippen molar-refractivity contribution in [3.63, 3.8) is 0 Å². The van der Waals surface area contributed by atoms with Crippen molar-refractivity contribution in [2.75, 3.05) is 0 Å². The summed E-state index contributed by atoms with van der Waals surface area (Å²) in [5.41, 5.74) is 2.68. The zero-order chi connectivity index (χ0) is 15.5. The second-order valence-electron chi connectivity index (χ2n) is 4.95. The molecule has 0 bridgehead atoms. The van der Waals surface area contributed by atoms with Crippen LogP contribution < -0.4 is 5.32 Å². The van der Waals surface area contributed by atoms with E-state index in [9.17, 15) is 4.79 Å². The van der Waals surface area contributed by atoms with Crippen molar-refractivity contribution in [3.8, 4) is 0 Å². The molecule has 4 nitrogen and oxygen atoms in total. The highest BCUT2D eigenvalue weighted by Crippen LogP contribution is 2.16. The Balaban J connectivity index is 1.80. The third-order valence-electron chi connectivity index (χ3n) is 3.54. The molecule has 3 rings (SSSR count). The van der Waals surface area contributed by atoms with Gasteiger partial charge in [-0.2, -0.15) is 0 Å². The number of fused-ring (bicyclic) bond motifs is 1. The van der Waals surface area contributed by atoms with Crippen LogP contribution in [0.4, 0.5) is 0 Å². The van der Waals surface area contributed by atoms with Crippen LogP contribution in [0.5, 0.6) is 0 Å². The van der Waals surface area contributed by atoms with Gasteiger partial charge in [0.25, 0.3) is 5.91 Å². The number of carbonyl (C=O) groups excluding carboxylic acids is 1. The molecule has 112 valence electrons. The summed E-state index contributed by atoms with van der Waals surface area (Å²) in [6, 6.07) is 15.3. The van der Waals surface area contributed by atoms with E-state index in [-0.39, 0.29) is 5.91 Å². The summed E-state index contributed by atoms with van der Waals surface area (Å²) in [5, 5.41) is 2.94. The van der Waals surface area contributed by atoms with Crippen LogP contribution in [0.15, 0.2) is 53.0 Å². The summed E-state index contributed by atoms with van der Waals surface area (Å²) in [7, 11) is 0. The molecule has 1 amide bonds. The number of aryl methyl sites for hydroxylation is 1. The number of imidazole rings is 1. The van der Waals surface area contributed by atoms with Crippen LogP contribution in [0, 0.1) is 0 Å². The number of rotatable bonds is 4. The molecule has 0 saturated heterocycles. The molecule has 5 heteroatoms. The van der Waals surface area contributed by atoms with Crippen molar-refractivity contribution in [2.45, 2.75) is 20.0 Å². The van der Waals surface area contributed by atoms with Gasteiger partial charge < -0.3 is 9.88 Å². The van der Waals surface area contributed by atoms with Crippen LogP contribution in [-0.4, -0.2) is 15.5 Å². The summed E-state index contributed by atoms with van der Waals surface area (Å²) in [5.74, 6) is 0.767. The standard InChI is InChI=1S/C17H16BrN3O/c1-2-21-15-9-4-3-8-14(15)20-16(21)11-19-17(22)12-6-5-7-13(18)10-12/h3-10H,2,11H2,1H3,(H,19,22). The van der Waals surface area contributed by atoms with Crippen molar-refractivity contribution < 1.29 is 4.79 Å². The molecule has 0 aliphatic rings. The van der Waals surface area contributed by atoms with E-state index in [0.29, 0.717) is 12.1 Å². The number of carbonyl (C=O) groups is 1. The van der Waals surface area contributed by atoms with Crippen molar-refractivity contribution >= 4 is 32.9 Å². The molecule has 0 radical (unpaired) electrons. The fraction of sp³-hybridized carbons (Fsp3) is 0.176. The summed E-state index contributed by atoms with van der Waals surface area (Å²) < 4.78 is 3.01. The number of hydrogen-bond acceptors (Lipinski definition) is 2. The highest BCUT2D eigenvalue weighted by molar-refractivity contribution is 9.10. The van der Waals surface area contributed by atoms with Gasteiger partial charge in [-0.15, -0.1) is 0 Å². The lowest BCUT2D eigenvalue weighted by atomic mass is 10.2. The van der Waals surface area contributed by atoms with Gasteiger partial charge in [-0.3, -0.25) is 4.79 Å². The molecule has 22 heavy (non-hydrogen) atoms. The summed E-state index contributed by atoms with van der Waals surface area (Å²) in [6.07, 6.45) is 0. The average molecular weight is 358 g/mol. The van der Waals surface area contributed by atoms with Gasteiger partial charge in [0, 0.05) is 16.6 Å². The first-order valence-corrected chi connectivity index (χ1v) is 7.96. The van der Waals surface area contributed by atoms with Gasteiger partial charge in [0.15, 0.2) is 0 Å². The van der Waals surface area contributed by atoms with E-state index in [2.05, 4.69) is 37.7 Å². The lowest BCUT2D eigenvalue weighted by Crippen LogP contribution is -2.24. The third-order valence-corrected chi connectivity index (χ3v) is 4.04. The number of nitrogens with zero attached hydrogens (tertiary/aromatic N) is 2. The second-order valence-corrected chi connectivity index (χ2v) is 5.87. The molecule has 0 aliphatic heterocycles. The van der Waals surface area contributed by atoms with Crippen molar-refractivity contribution in [3.05, 3.63) is 64.4 Å². The summed E-state index contributed by atoms with van der Waals surface area (Å²) >= 11 is 3.38. The number of aromatic nitrogens is 2. The van der Waals surface area contributed by atoms with E-state index in [1.54, 1.807) is 12.1 Å². The number of halogens is 1. The Bertz CT molecular complexity index is 826. The summed E-state index contributed by atoms with van der Waals surface area (Å²) in [4.78, 5) is 16.8. The SMILES string of the molecule is CCn1c(CNC(=O)c2cccc(Br)c2)nc2ccccc21. The quantitative estimate of drug-likeness (QED) is 0.772. The minimum atomic E-state index is -0.101. The van der Waals surface area contributed by atoms with Gasteiger partial charge in [0.2, 0.25) is 0 Å². The zero-order valence-electron chi connectivity index (χ0n) is 12.2. The number of hydrogen-bond donors (Lipinski definition) is 1. The molecular weight excluding hydrogens is 342 g/mol. The Kier molecular flexibility index (Phi) is 4.24. The smallest absolute Gasteiger partial charge is 0.251 e. The maximum Gasteiger partial charge on any atom is 0.251 e. The molecule has 0 spiro atoms. The lowest BCUT2D eigenvalue weighted by molar-refractivity contribution is 0.0949. The first-order valence-electron chi connectivity index (χ1n) is 7.17. The molecule has 0 atom stereocenters. The predicted octanol–water partition coefficient (Wildman–Crippen LogP) is 3.75. The third kappa shape index (κ3) is 2.90. The Morgan fingerprint density at radius 1 is 1.23 bits per heavy atom. The first kappa shape index (κ1) is 14.8. The highest BCUT2D eigenvalue weighted by Gasteiger charge is 2.11. The van der Waals surface area contributed by atoms with Crippen molar-refractivity contribution in [1.29, 1.82) is 0 Å². The van der Waals surface area contributed by atoms with Gasteiger partial charge in [-0.1, -0.05) is 34.1 Å². The molecule has 0 saturated carbocycles. The van der Waals surface area contributed by atoms with E-state index in [1.165, 1.54) is 0 Å². The van der Waals surface area contributed by atoms with Crippen LogP contribution in [0.2, 0.25) is 0 Å². The Hall–Kier alpha value is -2.14. The maximum atomic E-state index is 12.2. The van der Waals surface area contributed by atoms with Crippen LogP contribution in [0.25, 0.3) is 11.0 Å². The molecule has 1 aromatic heterocycles. The van der Waals surface area contributed by atoms with Gasteiger partial charge in [0.1, 0.15) is 5.82 Å². The largest absolute Gasteiger partial charge is 0.345 e. The fourth-order valence-corrected chi connectivity index (χ4v) is 2.90. The van der Waals surface area contributed by atoms with Crippen LogP contribution in [0.3, 0.4) is 0 Å². The van der Waals surface area contributed by atoms with Crippen LogP contribution >= 0.6 is 15.9 Å². The topological polar surface area (TPSA) is 46.9 Å². The van der Waals surface area contributed by atoms with E-state index >= 15 is 0 Å². The van der Waals surface area contributed by atoms with Crippen molar-refractivity contribution in [1.82, 2.24) is 14.9 Å². The predicted molar refractivity (Wildman–Crippen MR) is 90.7 cm³/mol. The van der Waals surface area contributed by atoms with Crippen LogP contribution in [-0.2, 0) is 13.1 Å². The second kappa shape index (κ2) is 6.32. The fourth-order valence-electron chi connectivity index (χ4n) is 2.50. The van der Waals surface area contributed by atoms with Gasteiger partial charge in [-0.05, 0) is 37.3 Å². The molecule has 0 aliphatic carbocycles.